The van der Waals surface area contributed by atoms with E-state index in [2.05, 4.69) is 36.6 Å². The van der Waals surface area contributed by atoms with Crippen molar-refractivity contribution >= 4 is 23.3 Å². The van der Waals surface area contributed by atoms with E-state index in [0.29, 0.717) is 29.9 Å². The van der Waals surface area contributed by atoms with Crippen molar-refractivity contribution < 1.29 is 14.0 Å². The molecule has 7 heteroatoms. The molecule has 3 amide bonds. The van der Waals surface area contributed by atoms with Gasteiger partial charge in [0, 0.05) is 23.2 Å². The summed E-state index contributed by atoms with van der Waals surface area (Å²) in [5.74, 6) is 0.664. The number of furan rings is 1. The van der Waals surface area contributed by atoms with E-state index in [1.54, 1.807) is 0 Å². The summed E-state index contributed by atoms with van der Waals surface area (Å²) >= 11 is 0. The van der Waals surface area contributed by atoms with Crippen LogP contribution >= 0.6 is 0 Å². The molecule has 1 aliphatic rings. The number of benzene rings is 1. The molecule has 1 aromatic heterocycles. The van der Waals surface area contributed by atoms with Crippen molar-refractivity contribution in [3.63, 3.8) is 0 Å². The zero-order valence-corrected chi connectivity index (χ0v) is 18.1. The maximum absolute atomic E-state index is 12.9. The van der Waals surface area contributed by atoms with Crippen LogP contribution in [0, 0.1) is 12.3 Å². The van der Waals surface area contributed by atoms with Crippen LogP contribution in [0.1, 0.15) is 73.0 Å². The van der Waals surface area contributed by atoms with Crippen LogP contribution in [0.4, 0.5) is 10.5 Å². The second-order valence-electron chi connectivity index (χ2n) is 8.66. The van der Waals surface area contributed by atoms with Gasteiger partial charge in [-0.1, -0.05) is 39.3 Å². The Kier molecular flexibility index (Phi) is 6.29. The predicted octanol–water partition coefficient (Wildman–Crippen LogP) is 4.53. The van der Waals surface area contributed by atoms with E-state index in [-0.39, 0.29) is 17.1 Å². The Morgan fingerprint density at radius 3 is 2.53 bits per heavy atom. The summed E-state index contributed by atoms with van der Waals surface area (Å²) in [6.45, 7) is 8.19. The van der Waals surface area contributed by atoms with Gasteiger partial charge < -0.3 is 15.5 Å². The molecule has 0 saturated carbocycles. The van der Waals surface area contributed by atoms with Gasteiger partial charge in [-0.2, -0.15) is 5.10 Å². The summed E-state index contributed by atoms with van der Waals surface area (Å²) in [6, 6.07) is 7.16. The largest absolute Gasteiger partial charge is 0.455 e. The lowest BCUT2D eigenvalue weighted by atomic mass is 9.75. The molecule has 0 bridgehead atoms. The number of hydrogen-bond acceptors (Lipinski definition) is 4. The highest BCUT2D eigenvalue weighted by Gasteiger charge is 2.36. The molecule has 0 fully saturated rings. The van der Waals surface area contributed by atoms with Crippen LogP contribution in [-0.2, 0) is 12.8 Å². The van der Waals surface area contributed by atoms with E-state index in [0.717, 1.165) is 30.5 Å². The van der Waals surface area contributed by atoms with Crippen LogP contribution in [0.25, 0.3) is 0 Å². The van der Waals surface area contributed by atoms with Crippen molar-refractivity contribution in [2.75, 3.05) is 5.32 Å². The molecule has 0 spiro atoms. The number of rotatable bonds is 6. The first-order chi connectivity index (χ1) is 14.2. The van der Waals surface area contributed by atoms with Crippen LogP contribution in [0.2, 0.25) is 0 Å². The van der Waals surface area contributed by atoms with Gasteiger partial charge >= 0.3 is 6.03 Å². The minimum absolute atomic E-state index is 0.114. The van der Waals surface area contributed by atoms with Crippen molar-refractivity contribution in [2.45, 2.75) is 59.8 Å². The quantitative estimate of drug-likeness (QED) is 0.609. The number of anilines is 1. The Balaban J connectivity index is 1.84. The first-order valence-electron chi connectivity index (χ1n) is 10.3. The average Bonchev–Trinajstić information content (AvgIpc) is 3.00. The third-order valence-corrected chi connectivity index (χ3v) is 5.33. The van der Waals surface area contributed by atoms with Gasteiger partial charge in [-0.3, -0.25) is 4.79 Å². The molecule has 3 rings (SSSR count). The number of fused-ring (bicyclic) bond motifs is 1. The smallest absolute Gasteiger partial charge is 0.332 e. The second-order valence-corrected chi connectivity index (χ2v) is 8.66. The van der Waals surface area contributed by atoms with E-state index < -0.39 is 6.03 Å². The number of unbranched alkanes of at least 4 members (excludes halogenated alkanes) is 1. The SMILES string of the molecule is CCCCc1ccc(NC(=O)c2oc3c(c2C)/C(=N\NC(N)=O)CC(C)(C)C3)cc1. The van der Waals surface area contributed by atoms with E-state index in [9.17, 15) is 9.59 Å². The van der Waals surface area contributed by atoms with Crippen molar-refractivity contribution in [2.24, 2.45) is 16.3 Å². The minimum atomic E-state index is -0.728. The molecule has 0 atom stereocenters. The van der Waals surface area contributed by atoms with Gasteiger partial charge in [-0.25, -0.2) is 10.2 Å². The highest BCUT2D eigenvalue weighted by atomic mass is 16.4. The molecule has 0 radical (unpaired) electrons. The molecule has 1 aromatic carbocycles. The van der Waals surface area contributed by atoms with Crippen LogP contribution in [-0.4, -0.2) is 17.6 Å². The molecule has 1 aliphatic carbocycles. The molecule has 2 aromatic rings. The van der Waals surface area contributed by atoms with Crippen LogP contribution < -0.4 is 16.5 Å². The summed E-state index contributed by atoms with van der Waals surface area (Å²) in [5, 5.41) is 7.09. The number of nitrogens with one attached hydrogen (secondary N) is 2. The van der Waals surface area contributed by atoms with E-state index >= 15 is 0 Å². The van der Waals surface area contributed by atoms with Gasteiger partial charge in [-0.15, -0.1) is 0 Å². The molecule has 1 heterocycles. The maximum Gasteiger partial charge on any atom is 0.332 e. The number of hydrogen-bond donors (Lipinski definition) is 3. The van der Waals surface area contributed by atoms with Crippen molar-refractivity contribution in [1.29, 1.82) is 0 Å². The summed E-state index contributed by atoms with van der Waals surface area (Å²) < 4.78 is 5.98. The first-order valence-corrected chi connectivity index (χ1v) is 10.3. The summed E-state index contributed by atoms with van der Waals surface area (Å²) in [4.78, 5) is 24.0. The lowest BCUT2D eigenvalue weighted by molar-refractivity contribution is 0.0993. The van der Waals surface area contributed by atoms with Gasteiger partial charge in [0.1, 0.15) is 5.76 Å². The lowest BCUT2D eigenvalue weighted by Crippen LogP contribution is -2.31. The fraction of sp³-hybridized carbons (Fsp3) is 0.435. The lowest BCUT2D eigenvalue weighted by Gasteiger charge is -2.29. The number of nitrogens with zero attached hydrogens (tertiary/aromatic N) is 1. The van der Waals surface area contributed by atoms with E-state index in [4.69, 9.17) is 10.2 Å². The zero-order valence-electron chi connectivity index (χ0n) is 18.1. The predicted molar refractivity (Wildman–Crippen MR) is 118 cm³/mol. The fourth-order valence-electron chi connectivity index (χ4n) is 3.87. The van der Waals surface area contributed by atoms with Gasteiger partial charge in [0.15, 0.2) is 5.76 Å². The number of carbonyl (C=O) groups excluding carboxylic acids is 2. The number of hydrazone groups is 1. The molecule has 0 aliphatic heterocycles. The van der Waals surface area contributed by atoms with Gasteiger partial charge in [-0.05, 0) is 49.3 Å². The Hall–Kier alpha value is -3.09. The maximum atomic E-state index is 12.9. The Morgan fingerprint density at radius 2 is 1.90 bits per heavy atom. The highest BCUT2D eigenvalue weighted by Crippen LogP contribution is 2.39. The summed E-state index contributed by atoms with van der Waals surface area (Å²) in [7, 11) is 0. The van der Waals surface area contributed by atoms with Crippen molar-refractivity contribution in [3.05, 3.63) is 52.5 Å². The number of urea groups is 1. The standard InChI is InChI=1S/C23H30N4O3/c1-5-6-7-15-8-10-16(11-9-15)25-21(28)20-14(2)19-17(26-27-22(24)29)12-23(3,4)13-18(19)30-20/h8-11H,5-7,12-13H2,1-4H3,(H,25,28)(H3,24,27,29)/b26-17-. The summed E-state index contributed by atoms with van der Waals surface area (Å²) in [6.07, 6.45) is 4.65. The second kappa shape index (κ2) is 8.73. The topological polar surface area (TPSA) is 110 Å². The Morgan fingerprint density at radius 1 is 1.20 bits per heavy atom. The zero-order chi connectivity index (χ0) is 21.9. The highest BCUT2D eigenvalue weighted by molar-refractivity contribution is 6.09. The number of amides is 3. The number of nitrogens with two attached hydrogens (primary N) is 1. The molecular weight excluding hydrogens is 380 g/mol. The number of carbonyl (C=O) groups is 2. The number of aryl methyl sites for hydroxylation is 1. The fourth-order valence-corrected chi connectivity index (χ4v) is 3.87. The molecule has 4 N–H and O–H groups in total. The molecule has 30 heavy (non-hydrogen) atoms. The molecular formula is C23H30N4O3. The van der Waals surface area contributed by atoms with Gasteiger partial charge in [0.25, 0.3) is 5.91 Å². The molecule has 7 nitrogen and oxygen atoms in total. The molecule has 0 unspecified atom stereocenters. The first kappa shape index (κ1) is 21.6. The van der Waals surface area contributed by atoms with E-state index in [1.807, 2.05) is 31.2 Å². The average molecular weight is 411 g/mol. The summed E-state index contributed by atoms with van der Waals surface area (Å²) in [5.41, 5.74) is 11.5. The van der Waals surface area contributed by atoms with Crippen molar-refractivity contribution in [1.82, 2.24) is 5.43 Å². The van der Waals surface area contributed by atoms with Gasteiger partial charge in [0.05, 0.1) is 5.71 Å². The minimum Gasteiger partial charge on any atom is -0.455 e. The van der Waals surface area contributed by atoms with E-state index in [1.165, 1.54) is 5.56 Å². The van der Waals surface area contributed by atoms with Crippen LogP contribution in [0.3, 0.4) is 0 Å². The Labute approximate surface area is 177 Å². The van der Waals surface area contributed by atoms with Crippen molar-refractivity contribution in [3.8, 4) is 0 Å². The molecule has 160 valence electrons. The van der Waals surface area contributed by atoms with Crippen LogP contribution in [0.15, 0.2) is 33.8 Å². The Bertz CT molecular complexity index is 971. The van der Waals surface area contributed by atoms with Crippen LogP contribution in [0.5, 0.6) is 0 Å². The third kappa shape index (κ3) is 4.90. The molecule has 0 saturated heterocycles. The normalized spacial score (nSPS) is 16.2. The number of primary amides is 1. The third-order valence-electron chi connectivity index (χ3n) is 5.33. The monoisotopic (exact) mass is 410 g/mol. The van der Waals surface area contributed by atoms with Gasteiger partial charge in [0.2, 0.25) is 0 Å².